The summed E-state index contributed by atoms with van der Waals surface area (Å²) in [6.07, 6.45) is 10.3. The van der Waals surface area contributed by atoms with Crippen LogP contribution in [0.5, 0.6) is 0 Å². The first kappa shape index (κ1) is 32.2. The van der Waals surface area contributed by atoms with E-state index in [4.69, 9.17) is 9.47 Å². The van der Waals surface area contributed by atoms with Gasteiger partial charge in [0.05, 0.1) is 9.16 Å². The van der Waals surface area contributed by atoms with Crippen molar-refractivity contribution in [3.05, 3.63) is 44.9 Å². The van der Waals surface area contributed by atoms with Crippen LogP contribution in [0.2, 0.25) is 0 Å². The van der Waals surface area contributed by atoms with E-state index in [9.17, 15) is 9.59 Å². The average molecular weight is 607 g/mol. The second-order valence-corrected chi connectivity index (χ2v) is 16.5. The van der Waals surface area contributed by atoms with Crippen molar-refractivity contribution in [2.75, 3.05) is 36.2 Å². The molecule has 2 aliphatic rings. The number of carbonyl (C=O) groups is 2. The summed E-state index contributed by atoms with van der Waals surface area (Å²) in [7, 11) is 0. The third-order valence-corrected chi connectivity index (χ3v) is 14.2. The molecule has 2 unspecified atom stereocenters. The van der Waals surface area contributed by atoms with E-state index in [2.05, 4.69) is 27.0 Å². The first-order valence-electron chi connectivity index (χ1n) is 12.2. The molecule has 202 valence electrons. The van der Waals surface area contributed by atoms with E-state index in [1.54, 1.807) is 0 Å². The number of rotatable bonds is 19. The Morgan fingerprint density at radius 1 is 0.722 bits per heavy atom. The number of thioether (sulfide) groups is 6. The minimum Gasteiger partial charge on any atom is -0.457 e. The molecule has 0 aromatic rings. The SMILES string of the molecule is C=CC(=O)OCC1=C(C)SC(CSCCCCCCCCSCC2SC(C)=C(COC(=O)C=C)S2)S1. The summed E-state index contributed by atoms with van der Waals surface area (Å²) >= 11 is 11.6. The quantitative estimate of drug-likeness (QED) is 0.0815. The van der Waals surface area contributed by atoms with Gasteiger partial charge in [-0.05, 0) is 48.0 Å². The second kappa shape index (κ2) is 19.1. The molecule has 2 rings (SSSR count). The van der Waals surface area contributed by atoms with Crippen LogP contribution in [0.1, 0.15) is 52.4 Å². The first-order valence-corrected chi connectivity index (χ1v) is 18.1. The largest absolute Gasteiger partial charge is 0.457 e. The second-order valence-electron chi connectivity index (χ2n) is 8.18. The monoisotopic (exact) mass is 606 g/mol. The molecule has 36 heavy (non-hydrogen) atoms. The van der Waals surface area contributed by atoms with Crippen molar-refractivity contribution in [1.82, 2.24) is 0 Å². The van der Waals surface area contributed by atoms with Crippen LogP contribution in [-0.2, 0) is 19.1 Å². The molecule has 2 heterocycles. The fourth-order valence-electron chi connectivity index (χ4n) is 3.33. The summed E-state index contributed by atoms with van der Waals surface area (Å²) in [5.41, 5.74) is 0. The number of carbonyl (C=O) groups excluding carboxylic acids is 2. The number of esters is 2. The topological polar surface area (TPSA) is 52.6 Å². The van der Waals surface area contributed by atoms with E-state index in [-0.39, 0.29) is 11.9 Å². The molecule has 0 aromatic carbocycles. The lowest BCUT2D eigenvalue weighted by Crippen LogP contribution is -2.03. The van der Waals surface area contributed by atoms with E-state index in [1.165, 1.54) is 81.8 Å². The molecule has 0 bridgehead atoms. The molecule has 4 nitrogen and oxygen atoms in total. The molecule has 0 aliphatic carbocycles. The van der Waals surface area contributed by atoms with Gasteiger partial charge in [-0.1, -0.05) is 38.8 Å². The van der Waals surface area contributed by atoms with Crippen LogP contribution in [0.3, 0.4) is 0 Å². The summed E-state index contributed by atoms with van der Waals surface area (Å²) in [5, 5.41) is 0. The number of hydrogen-bond acceptors (Lipinski definition) is 10. The highest BCUT2D eigenvalue weighted by Crippen LogP contribution is 2.47. The van der Waals surface area contributed by atoms with Crippen molar-refractivity contribution in [2.45, 2.75) is 61.5 Å². The van der Waals surface area contributed by atoms with Gasteiger partial charge in [0.25, 0.3) is 0 Å². The number of allylic oxidation sites excluding steroid dienone is 2. The van der Waals surface area contributed by atoms with Gasteiger partial charge in [0.15, 0.2) is 0 Å². The Labute approximate surface area is 242 Å². The molecule has 0 aromatic heterocycles. The van der Waals surface area contributed by atoms with Gasteiger partial charge in [0.2, 0.25) is 0 Å². The Bertz CT molecular complexity index is 744. The molecule has 0 saturated carbocycles. The Kier molecular flexibility index (Phi) is 17.1. The van der Waals surface area contributed by atoms with Crippen molar-refractivity contribution in [1.29, 1.82) is 0 Å². The normalized spacial score (nSPS) is 19.6. The van der Waals surface area contributed by atoms with E-state index in [0.29, 0.717) is 22.4 Å². The molecule has 10 heteroatoms. The van der Waals surface area contributed by atoms with Gasteiger partial charge in [-0.15, -0.1) is 47.0 Å². The minimum absolute atomic E-state index is 0.354. The van der Waals surface area contributed by atoms with Crippen LogP contribution in [0.4, 0.5) is 0 Å². The standard InChI is InChI=1S/C26H38O4S6/c1-5-23(27)29-15-21-19(3)33-25(35-21)17-31-13-11-9-7-8-10-12-14-32-18-26-34-20(4)22(36-26)16-30-24(28)6-2/h5-6,25-26H,1-2,7-18H2,3-4H3. The van der Waals surface area contributed by atoms with Crippen molar-refractivity contribution >= 4 is 82.5 Å². The maximum atomic E-state index is 11.3. The highest BCUT2D eigenvalue weighted by Gasteiger charge is 2.25. The molecule has 0 radical (unpaired) electrons. The molecule has 2 atom stereocenters. The molecular weight excluding hydrogens is 569 g/mol. The summed E-state index contributed by atoms with van der Waals surface area (Å²) < 4.78 is 11.4. The zero-order valence-electron chi connectivity index (χ0n) is 21.3. The van der Waals surface area contributed by atoms with Gasteiger partial charge < -0.3 is 9.47 Å². The maximum Gasteiger partial charge on any atom is 0.330 e. The van der Waals surface area contributed by atoms with Gasteiger partial charge in [-0.25, -0.2) is 9.59 Å². The summed E-state index contributed by atoms with van der Waals surface area (Å²) in [4.78, 5) is 27.4. The van der Waals surface area contributed by atoms with Crippen LogP contribution in [0, 0.1) is 0 Å². The number of unbranched alkanes of at least 4 members (excludes halogenated alkanes) is 5. The average Bonchev–Trinajstić information content (AvgIpc) is 3.42. The Balaban J connectivity index is 1.36. The highest BCUT2D eigenvalue weighted by atomic mass is 32.2. The molecular formula is C26H38O4S6. The molecule has 0 fully saturated rings. The third-order valence-electron chi connectivity index (χ3n) is 5.31. The molecule has 0 saturated heterocycles. The summed E-state index contributed by atoms with van der Waals surface area (Å²) in [5.74, 6) is 4.02. The Morgan fingerprint density at radius 2 is 1.11 bits per heavy atom. The van der Waals surface area contributed by atoms with E-state index >= 15 is 0 Å². The molecule has 0 amide bonds. The van der Waals surface area contributed by atoms with Gasteiger partial charge >= 0.3 is 11.9 Å². The minimum atomic E-state index is -0.354. The Hall–Kier alpha value is -0.000000000000000222. The lowest BCUT2D eigenvalue weighted by molar-refractivity contribution is -0.137. The van der Waals surface area contributed by atoms with Gasteiger partial charge in [0, 0.05) is 33.5 Å². The molecule has 0 spiro atoms. The van der Waals surface area contributed by atoms with Gasteiger partial charge in [-0.2, -0.15) is 23.5 Å². The Morgan fingerprint density at radius 3 is 1.50 bits per heavy atom. The van der Waals surface area contributed by atoms with Gasteiger partial charge in [-0.3, -0.25) is 0 Å². The third kappa shape index (κ3) is 13.2. The van der Waals surface area contributed by atoms with E-state index in [0.717, 1.165) is 11.5 Å². The maximum absolute atomic E-state index is 11.3. The number of ether oxygens (including phenoxy) is 2. The lowest BCUT2D eigenvalue weighted by atomic mass is 10.1. The fourth-order valence-corrected chi connectivity index (χ4v) is 12.0. The van der Waals surface area contributed by atoms with E-state index < -0.39 is 0 Å². The van der Waals surface area contributed by atoms with Crippen LogP contribution in [-0.4, -0.2) is 57.3 Å². The van der Waals surface area contributed by atoms with Crippen molar-refractivity contribution < 1.29 is 19.1 Å². The predicted octanol–water partition coefficient (Wildman–Crippen LogP) is 8.33. The van der Waals surface area contributed by atoms with Crippen LogP contribution in [0.15, 0.2) is 44.9 Å². The van der Waals surface area contributed by atoms with Crippen LogP contribution in [0.25, 0.3) is 0 Å². The number of hydrogen-bond donors (Lipinski definition) is 0. The predicted molar refractivity (Wildman–Crippen MR) is 168 cm³/mol. The molecule has 0 N–H and O–H groups in total. The lowest BCUT2D eigenvalue weighted by Gasteiger charge is -2.09. The van der Waals surface area contributed by atoms with Crippen molar-refractivity contribution in [3.8, 4) is 0 Å². The van der Waals surface area contributed by atoms with Crippen LogP contribution < -0.4 is 0 Å². The van der Waals surface area contributed by atoms with Crippen molar-refractivity contribution in [2.24, 2.45) is 0 Å². The highest BCUT2D eigenvalue weighted by molar-refractivity contribution is 8.24. The fraction of sp³-hybridized carbons (Fsp3) is 0.615. The summed E-state index contributed by atoms with van der Waals surface area (Å²) in [6.45, 7) is 11.9. The van der Waals surface area contributed by atoms with Crippen LogP contribution >= 0.6 is 70.6 Å². The summed E-state index contributed by atoms with van der Waals surface area (Å²) in [6, 6.07) is 0. The van der Waals surface area contributed by atoms with Crippen molar-refractivity contribution in [3.63, 3.8) is 0 Å². The molecule has 2 aliphatic heterocycles. The zero-order valence-corrected chi connectivity index (χ0v) is 26.2. The van der Waals surface area contributed by atoms with E-state index in [1.807, 2.05) is 70.6 Å². The first-order chi connectivity index (χ1) is 17.4. The smallest absolute Gasteiger partial charge is 0.330 e. The van der Waals surface area contributed by atoms with Gasteiger partial charge in [0.1, 0.15) is 13.2 Å². The zero-order chi connectivity index (χ0) is 26.2.